The smallest absolute Gasteiger partial charge is 0.326 e. The maximum atomic E-state index is 12.8. The first kappa shape index (κ1) is 24.3. The third-order valence-electron chi connectivity index (χ3n) is 5.22. The van der Waals surface area contributed by atoms with E-state index in [-0.39, 0.29) is 12.3 Å². The van der Waals surface area contributed by atoms with Crippen molar-refractivity contribution in [2.75, 3.05) is 6.54 Å². The van der Waals surface area contributed by atoms with Crippen LogP contribution in [0.1, 0.15) is 45.7 Å². The summed E-state index contributed by atoms with van der Waals surface area (Å²) in [7, 11) is 0. The number of carboxylic acids is 1. The maximum Gasteiger partial charge on any atom is 0.326 e. The summed E-state index contributed by atoms with van der Waals surface area (Å²) in [6.45, 7) is 5.67. The summed E-state index contributed by atoms with van der Waals surface area (Å²) in [6, 6.07) is -3.54. The van der Waals surface area contributed by atoms with E-state index in [1.807, 2.05) is 13.8 Å². The van der Waals surface area contributed by atoms with E-state index in [4.69, 9.17) is 5.73 Å². The third kappa shape index (κ3) is 6.78. The highest BCUT2D eigenvalue weighted by molar-refractivity contribution is 5.94. The summed E-state index contributed by atoms with van der Waals surface area (Å²) in [4.78, 5) is 57.4. The van der Waals surface area contributed by atoms with E-state index in [1.54, 1.807) is 6.20 Å². The zero-order valence-electron chi connectivity index (χ0n) is 18.1. The number of nitrogens with zero attached hydrogens (tertiary/aromatic N) is 2. The van der Waals surface area contributed by atoms with E-state index in [9.17, 15) is 24.3 Å². The lowest BCUT2D eigenvalue weighted by Crippen LogP contribution is -2.56. The van der Waals surface area contributed by atoms with Gasteiger partial charge in [0.05, 0.1) is 12.4 Å². The number of aromatic nitrogens is 2. The molecular weight excluding hydrogens is 404 g/mol. The predicted octanol–water partition coefficient (Wildman–Crippen LogP) is -0.609. The maximum absolute atomic E-state index is 12.8. The number of imidazole rings is 1. The van der Waals surface area contributed by atoms with Gasteiger partial charge in [0.15, 0.2) is 0 Å². The Morgan fingerprint density at radius 2 is 1.97 bits per heavy atom. The second-order valence-corrected chi connectivity index (χ2v) is 8.34. The number of amides is 3. The molecule has 11 nitrogen and oxygen atoms in total. The molecule has 0 radical (unpaired) electrons. The fourth-order valence-corrected chi connectivity index (χ4v) is 3.62. The number of H-pyrrole nitrogens is 1. The summed E-state index contributed by atoms with van der Waals surface area (Å²) in [5.74, 6) is -2.41. The minimum absolute atomic E-state index is 0.0980. The Morgan fingerprint density at radius 3 is 2.55 bits per heavy atom. The minimum atomic E-state index is -1.06. The van der Waals surface area contributed by atoms with Crippen molar-refractivity contribution in [2.24, 2.45) is 11.7 Å². The van der Waals surface area contributed by atoms with Gasteiger partial charge in [0.1, 0.15) is 18.1 Å². The molecule has 2 heterocycles. The molecule has 6 N–H and O–H groups in total. The summed E-state index contributed by atoms with van der Waals surface area (Å²) < 4.78 is 0. The van der Waals surface area contributed by atoms with Gasteiger partial charge in [0, 0.05) is 24.9 Å². The van der Waals surface area contributed by atoms with Gasteiger partial charge in [-0.3, -0.25) is 14.4 Å². The van der Waals surface area contributed by atoms with Crippen molar-refractivity contribution in [3.8, 4) is 0 Å². The van der Waals surface area contributed by atoms with E-state index in [0.717, 1.165) is 0 Å². The van der Waals surface area contributed by atoms with Gasteiger partial charge in [-0.2, -0.15) is 0 Å². The molecule has 4 atom stereocenters. The molecule has 1 fully saturated rings. The van der Waals surface area contributed by atoms with Crippen LogP contribution >= 0.6 is 0 Å². The molecule has 1 aromatic rings. The van der Waals surface area contributed by atoms with Crippen molar-refractivity contribution in [3.05, 3.63) is 18.2 Å². The second-order valence-electron chi connectivity index (χ2n) is 8.34. The quantitative estimate of drug-likeness (QED) is 0.326. The SMILES string of the molecule is CC(C)CC(NC(=O)C(N)Cc1cnc[nH]1)C(=O)NC(C)C(=O)N1CCCC1C(=O)O. The standard InChI is InChI=1S/C20H32N6O5/c1-11(2)7-15(25-17(27)14(21)8-13-9-22-10-23-13)18(28)24-12(3)19(29)26-6-4-5-16(26)20(30)31/h9-12,14-16H,4-8,21H2,1-3H3,(H,22,23)(H,24,28)(H,25,27)(H,30,31). The Labute approximate surface area is 181 Å². The lowest BCUT2D eigenvalue weighted by molar-refractivity contribution is -0.149. The Bertz CT molecular complexity index is 781. The second kappa shape index (κ2) is 10.9. The average molecular weight is 437 g/mol. The number of nitrogens with two attached hydrogens (primary N) is 1. The number of carbonyl (C=O) groups is 4. The Kier molecular flexibility index (Phi) is 8.55. The van der Waals surface area contributed by atoms with Crippen LogP contribution in [0.4, 0.5) is 0 Å². The number of carboxylic acid groups (broad SMARTS) is 1. The summed E-state index contributed by atoms with van der Waals surface area (Å²) in [6.07, 6.45) is 4.65. The molecule has 4 unspecified atom stereocenters. The molecule has 0 aromatic carbocycles. The summed E-state index contributed by atoms with van der Waals surface area (Å²) >= 11 is 0. The molecule has 3 amide bonds. The molecule has 0 saturated carbocycles. The highest BCUT2D eigenvalue weighted by Crippen LogP contribution is 2.18. The van der Waals surface area contributed by atoms with Crippen LogP contribution in [0.3, 0.4) is 0 Å². The first-order valence-electron chi connectivity index (χ1n) is 10.5. The molecule has 172 valence electrons. The van der Waals surface area contributed by atoms with Crippen LogP contribution < -0.4 is 16.4 Å². The topological polar surface area (TPSA) is 171 Å². The van der Waals surface area contributed by atoms with Gasteiger partial charge >= 0.3 is 5.97 Å². The number of likely N-dealkylation sites (tertiary alicyclic amines) is 1. The first-order valence-corrected chi connectivity index (χ1v) is 10.5. The molecule has 1 aromatic heterocycles. The molecule has 0 bridgehead atoms. The molecule has 0 aliphatic carbocycles. The normalized spacial score (nSPS) is 19.0. The van der Waals surface area contributed by atoms with E-state index in [1.165, 1.54) is 18.2 Å². The number of hydrogen-bond acceptors (Lipinski definition) is 6. The molecule has 0 spiro atoms. The molecule has 1 saturated heterocycles. The predicted molar refractivity (Wildman–Crippen MR) is 112 cm³/mol. The van der Waals surface area contributed by atoms with E-state index < -0.39 is 47.9 Å². The molecule has 11 heteroatoms. The minimum Gasteiger partial charge on any atom is -0.480 e. The van der Waals surface area contributed by atoms with Crippen molar-refractivity contribution in [1.82, 2.24) is 25.5 Å². The van der Waals surface area contributed by atoms with Crippen molar-refractivity contribution < 1.29 is 24.3 Å². The number of aromatic amines is 1. The van der Waals surface area contributed by atoms with Crippen LogP contribution in [0.15, 0.2) is 12.5 Å². The zero-order chi connectivity index (χ0) is 23.1. The summed E-state index contributed by atoms with van der Waals surface area (Å²) in [5.41, 5.74) is 6.65. The van der Waals surface area contributed by atoms with Gasteiger partial charge in [-0.15, -0.1) is 0 Å². The van der Waals surface area contributed by atoms with Gasteiger partial charge in [-0.05, 0) is 32.1 Å². The lowest BCUT2D eigenvalue weighted by Gasteiger charge is -2.27. The monoisotopic (exact) mass is 436 g/mol. The van der Waals surface area contributed by atoms with Crippen LogP contribution in [0.2, 0.25) is 0 Å². The zero-order valence-corrected chi connectivity index (χ0v) is 18.1. The summed E-state index contributed by atoms with van der Waals surface area (Å²) in [5, 5.41) is 14.6. The number of hydrogen-bond donors (Lipinski definition) is 5. The number of carbonyl (C=O) groups excluding carboxylic acids is 3. The van der Waals surface area contributed by atoms with Gasteiger partial charge in [-0.1, -0.05) is 13.8 Å². The lowest BCUT2D eigenvalue weighted by atomic mass is 10.0. The number of aliphatic carboxylic acids is 1. The van der Waals surface area contributed by atoms with Crippen LogP contribution in [0, 0.1) is 5.92 Å². The van der Waals surface area contributed by atoms with Crippen LogP contribution in [0.25, 0.3) is 0 Å². The molecular formula is C20H32N6O5. The molecule has 2 rings (SSSR count). The molecule has 1 aliphatic rings. The van der Waals surface area contributed by atoms with E-state index >= 15 is 0 Å². The highest BCUT2D eigenvalue weighted by Gasteiger charge is 2.37. The van der Waals surface area contributed by atoms with Gasteiger partial charge < -0.3 is 31.4 Å². The van der Waals surface area contributed by atoms with E-state index in [0.29, 0.717) is 31.5 Å². The largest absolute Gasteiger partial charge is 0.480 e. The Hall–Kier alpha value is -2.95. The van der Waals surface area contributed by atoms with Crippen molar-refractivity contribution in [1.29, 1.82) is 0 Å². The third-order valence-corrected chi connectivity index (χ3v) is 5.22. The van der Waals surface area contributed by atoms with Crippen molar-refractivity contribution in [3.63, 3.8) is 0 Å². The van der Waals surface area contributed by atoms with Crippen LogP contribution in [0.5, 0.6) is 0 Å². The van der Waals surface area contributed by atoms with Crippen molar-refractivity contribution >= 4 is 23.7 Å². The van der Waals surface area contributed by atoms with Crippen LogP contribution in [-0.2, 0) is 25.6 Å². The Balaban J connectivity index is 1.98. The number of nitrogens with one attached hydrogen (secondary N) is 3. The fraction of sp³-hybridized carbons (Fsp3) is 0.650. The van der Waals surface area contributed by atoms with E-state index in [2.05, 4.69) is 20.6 Å². The van der Waals surface area contributed by atoms with Crippen LogP contribution in [-0.4, -0.2) is 74.4 Å². The Morgan fingerprint density at radius 1 is 1.26 bits per heavy atom. The number of rotatable bonds is 10. The van der Waals surface area contributed by atoms with Crippen molar-refractivity contribution in [2.45, 2.75) is 70.6 Å². The average Bonchev–Trinajstić information content (AvgIpc) is 3.38. The fourth-order valence-electron chi connectivity index (χ4n) is 3.62. The van der Waals surface area contributed by atoms with Gasteiger partial charge in [-0.25, -0.2) is 9.78 Å². The van der Waals surface area contributed by atoms with Gasteiger partial charge in [0.2, 0.25) is 17.7 Å². The first-order chi connectivity index (χ1) is 14.6. The molecule has 31 heavy (non-hydrogen) atoms. The molecule has 1 aliphatic heterocycles. The highest BCUT2D eigenvalue weighted by atomic mass is 16.4. The van der Waals surface area contributed by atoms with Gasteiger partial charge in [0.25, 0.3) is 0 Å².